The third-order valence-corrected chi connectivity index (χ3v) is 3.07. The predicted octanol–water partition coefficient (Wildman–Crippen LogP) is 4.91. The van der Waals surface area contributed by atoms with Crippen LogP contribution in [-0.4, -0.2) is 6.54 Å². The maximum atomic E-state index is 14.0. The molecule has 0 aliphatic carbocycles. The van der Waals surface area contributed by atoms with Crippen molar-refractivity contribution in [1.82, 2.24) is 0 Å². The number of benzene rings is 2. The monoisotopic (exact) mass is 305 g/mol. The van der Waals surface area contributed by atoms with E-state index in [2.05, 4.69) is 22.5 Å². The summed E-state index contributed by atoms with van der Waals surface area (Å²) in [7, 11) is 0. The molecule has 0 heterocycles. The molecule has 0 saturated carbocycles. The van der Waals surface area contributed by atoms with Gasteiger partial charge in [0, 0.05) is 16.7 Å². The topological polar surface area (TPSA) is 3.24 Å². The lowest BCUT2D eigenvalue weighted by Crippen LogP contribution is -2.17. The van der Waals surface area contributed by atoms with Gasteiger partial charge >= 0.3 is 0 Å². The van der Waals surface area contributed by atoms with Gasteiger partial charge in [0.1, 0.15) is 5.82 Å². The second-order valence-electron chi connectivity index (χ2n) is 3.83. The summed E-state index contributed by atoms with van der Waals surface area (Å²) in [6, 6.07) is 14.8. The van der Waals surface area contributed by atoms with Gasteiger partial charge in [-0.05, 0) is 30.3 Å². The summed E-state index contributed by atoms with van der Waals surface area (Å²) in [5, 5.41) is 0. The van der Waals surface area contributed by atoms with Crippen molar-refractivity contribution in [2.75, 3.05) is 11.4 Å². The molecule has 0 bridgehead atoms. The largest absolute Gasteiger partial charge is 0.335 e. The maximum absolute atomic E-state index is 14.0. The van der Waals surface area contributed by atoms with E-state index in [-0.39, 0.29) is 5.82 Å². The minimum absolute atomic E-state index is 0.255. The molecule has 1 nitrogen and oxygen atoms in total. The van der Waals surface area contributed by atoms with Gasteiger partial charge in [0.25, 0.3) is 0 Å². The van der Waals surface area contributed by atoms with E-state index in [9.17, 15) is 4.39 Å². The number of anilines is 2. The van der Waals surface area contributed by atoms with Crippen molar-refractivity contribution in [2.45, 2.75) is 0 Å². The first-order valence-corrected chi connectivity index (χ1v) is 6.40. The van der Waals surface area contributed by atoms with Crippen molar-refractivity contribution in [3.63, 3.8) is 0 Å². The van der Waals surface area contributed by atoms with Gasteiger partial charge in [0.05, 0.1) is 5.69 Å². The van der Waals surface area contributed by atoms with Crippen LogP contribution in [0, 0.1) is 5.82 Å². The summed E-state index contributed by atoms with van der Waals surface area (Å²) >= 11 is 3.26. The van der Waals surface area contributed by atoms with E-state index in [0.717, 1.165) is 10.2 Å². The highest BCUT2D eigenvalue weighted by Crippen LogP contribution is 2.29. The molecule has 0 saturated heterocycles. The first-order chi connectivity index (χ1) is 8.72. The molecule has 0 unspecified atom stereocenters. The molecule has 0 radical (unpaired) electrons. The van der Waals surface area contributed by atoms with Gasteiger partial charge in [-0.25, -0.2) is 4.39 Å². The molecule has 2 aromatic carbocycles. The van der Waals surface area contributed by atoms with Crippen molar-refractivity contribution in [2.24, 2.45) is 0 Å². The lowest BCUT2D eigenvalue weighted by Gasteiger charge is -2.24. The molecule has 2 rings (SSSR count). The lowest BCUT2D eigenvalue weighted by molar-refractivity contribution is 0.625. The average molecular weight is 306 g/mol. The Kier molecular flexibility index (Phi) is 4.15. The van der Waals surface area contributed by atoms with Crippen LogP contribution in [0.5, 0.6) is 0 Å². The van der Waals surface area contributed by atoms with Crippen molar-refractivity contribution >= 4 is 27.3 Å². The minimum atomic E-state index is -0.255. The van der Waals surface area contributed by atoms with Crippen molar-refractivity contribution < 1.29 is 4.39 Å². The van der Waals surface area contributed by atoms with Gasteiger partial charge < -0.3 is 4.90 Å². The van der Waals surface area contributed by atoms with Crippen molar-refractivity contribution in [3.8, 4) is 0 Å². The summed E-state index contributed by atoms with van der Waals surface area (Å²) < 4.78 is 14.7. The van der Waals surface area contributed by atoms with Gasteiger partial charge in [-0.2, -0.15) is 0 Å². The normalized spacial score (nSPS) is 10.1. The van der Waals surface area contributed by atoms with Crippen LogP contribution in [0.2, 0.25) is 0 Å². The van der Waals surface area contributed by atoms with Crippen molar-refractivity contribution in [3.05, 3.63) is 71.5 Å². The fourth-order valence-electron chi connectivity index (χ4n) is 1.78. The number of hydrogen-bond donors (Lipinski definition) is 0. The molecule has 0 amide bonds. The summed E-state index contributed by atoms with van der Waals surface area (Å²) in [5.74, 6) is -0.255. The Bertz CT molecular complexity index is 539. The molecule has 0 aromatic heterocycles. The van der Waals surface area contributed by atoms with Gasteiger partial charge in [-0.15, -0.1) is 6.58 Å². The molecular formula is C15H13BrFN. The third-order valence-electron chi connectivity index (χ3n) is 2.58. The Hall–Kier alpha value is -1.61. The first-order valence-electron chi connectivity index (χ1n) is 5.61. The molecule has 18 heavy (non-hydrogen) atoms. The van der Waals surface area contributed by atoms with Crippen molar-refractivity contribution in [1.29, 1.82) is 0 Å². The fourth-order valence-corrected chi connectivity index (χ4v) is 2.11. The third kappa shape index (κ3) is 2.79. The highest BCUT2D eigenvalue weighted by molar-refractivity contribution is 9.10. The molecular weight excluding hydrogens is 293 g/mol. The zero-order chi connectivity index (χ0) is 13.0. The molecule has 0 aliphatic rings. The summed E-state index contributed by atoms with van der Waals surface area (Å²) in [5.41, 5.74) is 1.49. The van der Waals surface area contributed by atoms with E-state index in [1.165, 1.54) is 6.07 Å². The molecule has 0 fully saturated rings. The predicted molar refractivity (Wildman–Crippen MR) is 77.7 cm³/mol. The fraction of sp³-hybridized carbons (Fsp3) is 0.0667. The number of halogens is 2. The van der Waals surface area contributed by atoms with E-state index in [0.29, 0.717) is 12.2 Å². The molecule has 92 valence electrons. The smallest absolute Gasteiger partial charge is 0.147 e. The molecule has 0 atom stereocenters. The number of hydrogen-bond acceptors (Lipinski definition) is 1. The number of nitrogens with zero attached hydrogens (tertiary/aromatic N) is 1. The van der Waals surface area contributed by atoms with Gasteiger partial charge in [-0.3, -0.25) is 0 Å². The Morgan fingerprint density at radius 3 is 2.50 bits per heavy atom. The highest BCUT2D eigenvalue weighted by Gasteiger charge is 2.12. The van der Waals surface area contributed by atoms with Crippen LogP contribution in [0.15, 0.2) is 65.7 Å². The zero-order valence-corrected chi connectivity index (χ0v) is 11.4. The summed E-state index contributed by atoms with van der Waals surface area (Å²) in [6.07, 6.45) is 1.76. The van der Waals surface area contributed by atoms with E-state index in [1.807, 2.05) is 41.3 Å². The SMILES string of the molecule is C=CCN(c1ccccc1)c1ccc(Br)cc1F. The summed E-state index contributed by atoms with van der Waals surface area (Å²) in [6.45, 7) is 4.28. The quantitative estimate of drug-likeness (QED) is 0.725. The van der Waals surface area contributed by atoms with Crippen LogP contribution >= 0.6 is 15.9 Å². The van der Waals surface area contributed by atoms with E-state index < -0.39 is 0 Å². The van der Waals surface area contributed by atoms with E-state index in [1.54, 1.807) is 12.1 Å². The average Bonchev–Trinajstić information content (AvgIpc) is 2.38. The minimum Gasteiger partial charge on any atom is -0.335 e. The van der Waals surface area contributed by atoms with Gasteiger partial charge in [0.2, 0.25) is 0 Å². The second-order valence-corrected chi connectivity index (χ2v) is 4.75. The molecule has 0 spiro atoms. The van der Waals surface area contributed by atoms with Crippen LogP contribution in [0.3, 0.4) is 0 Å². The van der Waals surface area contributed by atoms with Gasteiger partial charge in [0.15, 0.2) is 0 Å². The van der Waals surface area contributed by atoms with E-state index >= 15 is 0 Å². The number of para-hydroxylation sites is 1. The Labute approximate surface area is 115 Å². The molecule has 2 aromatic rings. The van der Waals surface area contributed by atoms with Crippen LogP contribution in [0.4, 0.5) is 15.8 Å². The van der Waals surface area contributed by atoms with E-state index in [4.69, 9.17) is 0 Å². The van der Waals surface area contributed by atoms with Crippen LogP contribution in [0.25, 0.3) is 0 Å². The lowest BCUT2D eigenvalue weighted by atomic mass is 10.2. The number of rotatable bonds is 4. The highest BCUT2D eigenvalue weighted by atomic mass is 79.9. The Balaban J connectivity index is 2.44. The molecule has 0 N–H and O–H groups in total. The van der Waals surface area contributed by atoms with Crippen LogP contribution < -0.4 is 4.90 Å². The Morgan fingerprint density at radius 2 is 1.89 bits per heavy atom. The zero-order valence-electron chi connectivity index (χ0n) is 9.81. The summed E-state index contributed by atoms with van der Waals surface area (Å²) in [4.78, 5) is 1.88. The van der Waals surface area contributed by atoms with Gasteiger partial charge in [-0.1, -0.05) is 40.2 Å². The molecule has 3 heteroatoms. The van der Waals surface area contributed by atoms with Crippen LogP contribution in [-0.2, 0) is 0 Å². The standard InChI is InChI=1S/C15H13BrFN/c1-2-10-18(13-6-4-3-5-7-13)15-9-8-12(16)11-14(15)17/h2-9,11H,1,10H2. The maximum Gasteiger partial charge on any atom is 0.147 e. The Morgan fingerprint density at radius 1 is 1.17 bits per heavy atom. The molecule has 0 aliphatic heterocycles. The second kappa shape index (κ2) is 5.83. The van der Waals surface area contributed by atoms with Crippen LogP contribution in [0.1, 0.15) is 0 Å². The first kappa shape index (κ1) is 12.8.